The zero-order chi connectivity index (χ0) is 12.8. The standard InChI is InChI=1S/C14H30N4/c15-11-5-1-3-7-13(11)17-9-10-18-14-8-4-2-6-12(14)16/h11-14,17-18H,1-10,15-16H2/t11-,12-,13-,14+/m1/s1. The Morgan fingerprint density at radius 3 is 1.44 bits per heavy atom. The van der Waals surface area contributed by atoms with Gasteiger partial charge in [-0.1, -0.05) is 25.7 Å². The Morgan fingerprint density at radius 1 is 0.667 bits per heavy atom. The summed E-state index contributed by atoms with van der Waals surface area (Å²) in [7, 11) is 0. The third kappa shape index (κ3) is 4.19. The summed E-state index contributed by atoms with van der Waals surface area (Å²) >= 11 is 0. The molecule has 0 amide bonds. The summed E-state index contributed by atoms with van der Waals surface area (Å²) in [6.07, 6.45) is 10.1. The van der Waals surface area contributed by atoms with Crippen LogP contribution in [0.5, 0.6) is 0 Å². The molecule has 4 heteroatoms. The Kier molecular flexibility index (Phi) is 5.89. The molecule has 2 aliphatic rings. The molecule has 4 nitrogen and oxygen atoms in total. The molecule has 0 aromatic carbocycles. The van der Waals surface area contributed by atoms with Crippen molar-refractivity contribution in [2.45, 2.75) is 75.5 Å². The van der Waals surface area contributed by atoms with E-state index in [-0.39, 0.29) is 0 Å². The highest BCUT2D eigenvalue weighted by atomic mass is 15.0. The molecule has 2 rings (SSSR count). The smallest absolute Gasteiger partial charge is 0.0219 e. The Labute approximate surface area is 111 Å². The van der Waals surface area contributed by atoms with Crippen LogP contribution in [-0.2, 0) is 0 Å². The third-order valence-corrected chi connectivity index (χ3v) is 4.58. The fourth-order valence-corrected chi connectivity index (χ4v) is 3.34. The highest BCUT2D eigenvalue weighted by Crippen LogP contribution is 2.17. The average molecular weight is 254 g/mol. The lowest BCUT2D eigenvalue weighted by Crippen LogP contribution is -2.51. The van der Waals surface area contributed by atoms with E-state index in [9.17, 15) is 0 Å². The van der Waals surface area contributed by atoms with Gasteiger partial charge in [-0.2, -0.15) is 0 Å². The van der Waals surface area contributed by atoms with Gasteiger partial charge in [0.1, 0.15) is 0 Å². The first kappa shape index (κ1) is 14.3. The van der Waals surface area contributed by atoms with Gasteiger partial charge in [0, 0.05) is 37.3 Å². The summed E-state index contributed by atoms with van der Waals surface area (Å²) in [4.78, 5) is 0. The van der Waals surface area contributed by atoms with Crippen LogP contribution in [0.25, 0.3) is 0 Å². The number of nitrogens with two attached hydrogens (primary N) is 2. The molecule has 0 saturated heterocycles. The van der Waals surface area contributed by atoms with Crippen molar-refractivity contribution in [3.63, 3.8) is 0 Å². The van der Waals surface area contributed by atoms with Gasteiger partial charge >= 0.3 is 0 Å². The average Bonchev–Trinajstić information content (AvgIpc) is 2.38. The largest absolute Gasteiger partial charge is 0.326 e. The summed E-state index contributed by atoms with van der Waals surface area (Å²) < 4.78 is 0. The van der Waals surface area contributed by atoms with Gasteiger partial charge in [-0.25, -0.2) is 0 Å². The molecular weight excluding hydrogens is 224 g/mol. The topological polar surface area (TPSA) is 76.1 Å². The van der Waals surface area contributed by atoms with Gasteiger partial charge in [-0.15, -0.1) is 0 Å². The zero-order valence-corrected chi connectivity index (χ0v) is 11.5. The Balaban J connectivity index is 1.57. The van der Waals surface area contributed by atoms with E-state index in [1.165, 1.54) is 51.4 Å². The lowest BCUT2D eigenvalue weighted by Gasteiger charge is -2.31. The van der Waals surface area contributed by atoms with Crippen LogP contribution in [-0.4, -0.2) is 37.3 Å². The molecule has 0 aliphatic heterocycles. The molecule has 0 spiro atoms. The van der Waals surface area contributed by atoms with E-state index in [2.05, 4.69) is 10.6 Å². The van der Waals surface area contributed by atoms with E-state index in [1.54, 1.807) is 0 Å². The maximum absolute atomic E-state index is 6.12. The Morgan fingerprint density at radius 2 is 1.06 bits per heavy atom. The van der Waals surface area contributed by atoms with Gasteiger partial charge < -0.3 is 22.1 Å². The van der Waals surface area contributed by atoms with Gasteiger partial charge in [-0.05, 0) is 25.7 Å². The number of hydrogen-bond acceptors (Lipinski definition) is 4. The lowest BCUT2D eigenvalue weighted by molar-refractivity contribution is 0.306. The molecule has 0 heterocycles. The van der Waals surface area contributed by atoms with Gasteiger partial charge in [-0.3, -0.25) is 0 Å². The lowest BCUT2D eigenvalue weighted by atomic mass is 9.90. The molecule has 18 heavy (non-hydrogen) atoms. The highest BCUT2D eigenvalue weighted by Gasteiger charge is 2.22. The molecule has 4 atom stereocenters. The second-order valence-corrected chi connectivity index (χ2v) is 6.02. The van der Waals surface area contributed by atoms with Crippen LogP contribution in [0.4, 0.5) is 0 Å². The fourth-order valence-electron chi connectivity index (χ4n) is 3.34. The number of rotatable bonds is 5. The van der Waals surface area contributed by atoms with Crippen molar-refractivity contribution in [1.82, 2.24) is 10.6 Å². The van der Waals surface area contributed by atoms with E-state index in [4.69, 9.17) is 11.5 Å². The van der Waals surface area contributed by atoms with Crippen LogP contribution in [0.2, 0.25) is 0 Å². The predicted molar refractivity (Wildman–Crippen MR) is 76.5 cm³/mol. The summed E-state index contributed by atoms with van der Waals surface area (Å²) in [5.41, 5.74) is 12.2. The van der Waals surface area contributed by atoms with Crippen molar-refractivity contribution in [2.75, 3.05) is 13.1 Å². The number of nitrogens with one attached hydrogen (secondary N) is 2. The molecule has 0 unspecified atom stereocenters. The monoisotopic (exact) mass is 254 g/mol. The van der Waals surface area contributed by atoms with Crippen LogP contribution >= 0.6 is 0 Å². The van der Waals surface area contributed by atoms with Crippen LogP contribution in [0.1, 0.15) is 51.4 Å². The first-order valence-corrected chi connectivity index (χ1v) is 7.75. The number of hydrogen-bond donors (Lipinski definition) is 4. The normalized spacial score (nSPS) is 37.7. The highest BCUT2D eigenvalue weighted by molar-refractivity contribution is 4.86. The predicted octanol–water partition coefficient (Wildman–Crippen LogP) is 0.705. The van der Waals surface area contributed by atoms with Crippen molar-refractivity contribution < 1.29 is 0 Å². The van der Waals surface area contributed by atoms with Gasteiger partial charge in [0.15, 0.2) is 0 Å². The quantitative estimate of drug-likeness (QED) is 0.545. The van der Waals surface area contributed by atoms with Crippen molar-refractivity contribution in [2.24, 2.45) is 11.5 Å². The van der Waals surface area contributed by atoms with Crippen LogP contribution in [0, 0.1) is 0 Å². The van der Waals surface area contributed by atoms with Crippen LogP contribution in [0.3, 0.4) is 0 Å². The first-order chi connectivity index (χ1) is 8.77. The molecule has 2 saturated carbocycles. The summed E-state index contributed by atoms with van der Waals surface area (Å²) in [5.74, 6) is 0. The molecule has 2 aliphatic carbocycles. The maximum atomic E-state index is 6.12. The summed E-state index contributed by atoms with van der Waals surface area (Å²) in [5, 5.41) is 7.19. The molecule has 106 valence electrons. The van der Waals surface area contributed by atoms with E-state index < -0.39 is 0 Å². The van der Waals surface area contributed by atoms with Crippen molar-refractivity contribution >= 4 is 0 Å². The van der Waals surface area contributed by atoms with Gasteiger partial charge in [0.2, 0.25) is 0 Å². The summed E-state index contributed by atoms with van der Waals surface area (Å²) in [6, 6.07) is 1.77. The van der Waals surface area contributed by atoms with Crippen molar-refractivity contribution in [3.8, 4) is 0 Å². The van der Waals surface area contributed by atoms with Crippen molar-refractivity contribution in [3.05, 3.63) is 0 Å². The minimum Gasteiger partial charge on any atom is -0.326 e. The molecule has 6 N–H and O–H groups in total. The van der Waals surface area contributed by atoms with E-state index in [0.717, 1.165) is 13.1 Å². The molecule has 0 radical (unpaired) electrons. The van der Waals surface area contributed by atoms with E-state index in [1.807, 2.05) is 0 Å². The summed E-state index contributed by atoms with van der Waals surface area (Å²) in [6.45, 7) is 2.03. The molecule has 0 aromatic heterocycles. The van der Waals surface area contributed by atoms with Gasteiger partial charge in [0.25, 0.3) is 0 Å². The van der Waals surface area contributed by atoms with Crippen molar-refractivity contribution in [1.29, 1.82) is 0 Å². The minimum atomic E-state index is 0.357. The second-order valence-electron chi connectivity index (χ2n) is 6.02. The maximum Gasteiger partial charge on any atom is 0.0219 e. The second kappa shape index (κ2) is 7.43. The van der Waals surface area contributed by atoms with E-state index in [0.29, 0.717) is 24.2 Å². The Hall–Kier alpha value is -0.160. The molecule has 0 bridgehead atoms. The molecule has 0 aromatic rings. The van der Waals surface area contributed by atoms with Crippen LogP contribution in [0.15, 0.2) is 0 Å². The SMILES string of the molecule is N[C@@H]1CCCC[C@@H]1NCCN[C@@H]1CCCC[C@H]1N. The van der Waals surface area contributed by atoms with Gasteiger partial charge in [0.05, 0.1) is 0 Å². The van der Waals surface area contributed by atoms with E-state index >= 15 is 0 Å². The fraction of sp³-hybridized carbons (Fsp3) is 1.00. The molecule has 2 fully saturated rings. The minimum absolute atomic E-state index is 0.357. The zero-order valence-electron chi connectivity index (χ0n) is 11.5. The van der Waals surface area contributed by atoms with Crippen LogP contribution < -0.4 is 22.1 Å². The third-order valence-electron chi connectivity index (χ3n) is 4.58. The Bertz CT molecular complexity index is 210. The molecular formula is C14H30N4. The first-order valence-electron chi connectivity index (χ1n) is 7.75.